The van der Waals surface area contributed by atoms with Crippen LogP contribution in [-0.2, 0) is 6.42 Å². The largest absolute Gasteiger partial charge is 0.313 e. The Hall–Kier alpha value is -1.67. The van der Waals surface area contributed by atoms with Crippen LogP contribution in [0.1, 0.15) is 34.1 Å². The lowest BCUT2D eigenvalue weighted by Gasteiger charge is -2.18. The Labute approximate surface area is 115 Å². The molecule has 1 unspecified atom stereocenters. The summed E-state index contributed by atoms with van der Waals surface area (Å²) in [5.41, 5.74) is 6.16. The van der Waals surface area contributed by atoms with Gasteiger partial charge in [-0.05, 0) is 57.5 Å². The molecule has 0 amide bonds. The topological polar surface area (TPSA) is 24.9 Å². The summed E-state index contributed by atoms with van der Waals surface area (Å²) >= 11 is 0. The zero-order chi connectivity index (χ0) is 13.8. The number of nitrogens with zero attached hydrogens (tertiary/aromatic N) is 1. The van der Waals surface area contributed by atoms with Crippen LogP contribution < -0.4 is 5.32 Å². The fraction of sp³-hybridized carbons (Fsp3) is 0.353. The van der Waals surface area contributed by atoms with Gasteiger partial charge in [0.05, 0.1) is 0 Å². The summed E-state index contributed by atoms with van der Waals surface area (Å²) in [7, 11) is 2.02. The first-order chi connectivity index (χ1) is 9.08. The van der Waals surface area contributed by atoms with E-state index < -0.39 is 0 Å². The van der Waals surface area contributed by atoms with Gasteiger partial charge in [-0.15, -0.1) is 0 Å². The molecule has 0 spiro atoms. The average Bonchev–Trinajstić information content (AvgIpc) is 2.34. The summed E-state index contributed by atoms with van der Waals surface area (Å²) in [5.74, 6) is 0. The Bertz CT molecular complexity index is 541. The number of hydrogen-bond acceptors (Lipinski definition) is 2. The molecule has 2 aromatic rings. The minimum Gasteiger partial charge on any atom is -0.313 e. The molecule has 0 aliphatic rings. The lowest BCUT2D eigenvalue weighted by molar-refractivity contribution is 0.590. The van der Waals surface area contributed by atoms with Gasteiger partial charge in [0.1, 0.15) is 0 Å². The first-order valence-corrected chi connectivity index (χ1v) is 6.76. The van der Waals surface area contributed by atoms with E-state index in [0.29, 0.717) is 6.04 Å². The van der Waals surface area contributed by atoms with Crippen LogP contribution in [0.25, 0.3) is 0 Å². The van der Waals surface area contributed by atoms with E-state index in [4.69, 9.17) is 0 Å². The van der Waals surface area contributed by atoms with Crippen LogP contribution in [0.2, 0.25) is 0 Å². The summed E-state index contributed by atoms with van der Waals surface area (Å²) in [4.78, 5) is 4.44. The number of hydrogen-bond donors (Lipinski definition) is 1. The molecule has 0 aliphatic heterocycles. The molecule has 1 N–H and O–H groups in total. The van der Waals surface area contributed by atoms with Gasteiger partial charge in [-0.1, -0.05) is 29.8 Å². The third kappa shape index (κ3) is 3.65. The van der Waals surface area contributed by atoms with Crippen molar-refractivity contribution in [2.45, 2.75) is 33.2 Å². The SMILES string of the molecule is CNC(Cc1cccc(C)c1)c1cc(C)nc(C)c1. The number of benzene rings is 1. The van der Waals surface area contributed by atoms with E-state index >= 15 is 0 Å². The average molecular weight is 254 g/mol. The van der Waals surface area contributed by atoms with Crippen LogP contribution >= 0.6 is 0 Å². The van der Waals surface area contributed by atoms with Gasteiger partial charge in [0.15, 0.2) is 0 Å². The highest BCUT2D eigenvalue weighted by Crippen LogP contribution is 2.20. The van der Waals surface area contributed by atoms with E-state index in [1.165, 1.54) is 16.7 Å². The number of nitrogens with one attached hydrogen (secondary N) is 1. The van der Waals surface area contributed by atoms with Crippen LogP contribution in [0, 0.1) is 20.8 Å². The summed E-state index contributed by atoms with van der Waals surface area (Å²) in [5, 5.41) is 3.41. The van der Waals surface area contributed by atoms with Crippen molar-refractivity contribution in [2.24, 2.45) is 0 Å². The molecule has 2 nitrogen and oxygen atoms in total. The summed E-state index contributed by atoms with van der Waals surface area (Å²) in [6.07, 6.45) is 1.00. The minimum absolute atomic E-state index is 0.335. The summed E-state index contributed by atoms with van der Waals surface area (Å²) in [6.45, 7) is 6.24. The minimum atomic E-state index is 0.335. The maximum atomic E-state index is 4.44. The molecule has 1 heterocycles. The van der Waals surface area contributed by atoms with E-state index in [-0.39, 0.29) is 0 Å². The van der Waals surface area contributed by atoms with Gasteiger partial charge in [0.2, 0.25) is 0 Å². The predicted molar refractivity (Wildman–Crippen MR) is 80.4 cm³/mol. The van der Waals surface area contributed by atoms with Gasteiger partial charge in [-0.2, -0.15) is 0 Å². The monoisotopic (exact) mass is 254 g/mol. The first kappa shape index (κ1) is 13.8. The van der Waals surface area contributed by atoms with Crippen LogP contribution in [0.3, 0.4) is 0 Å². The predicted octanol–water partition coefficient (Wildman–Crippen LogP) is 3.51. The van der Waals surface area contributed by atoms with Crippen molar-refractivity contribution in [3.05, 3.63) is 64.5 Å². The molecule has 1 aromatic carbocycles. The molecule has 0 fully saturated rings. The quantitative estimate of drug-likeness (QED) is 0.903. The highest BCUT2D eigenvalue weighted by molar-refractivity contribution is 5.28. The van der Waals surface area contributed by atoms with E-state index in [0.717, 1.165) is 17.8 Å². The third-order valence-corrected chi connectivity index (χ3v) is 3.38. The fourth-order valence-electron chi connectivity index (χ4n) is 2.53. The standard InChI is InChI=1S/C17H22N2/c1-12-6-5-7-15(8-12)11-17(18-4)16-9-13(2)19-14(3)10-16/h5-10,17-18H,11H2,1-4H3. The van der Waals surface area contributed by atoms with Gasteiger partial charge >= 0.3 is 0 Å². The first-order valence-electron chi connectivity index (χ1n) is 6.76. The highest BCUT2D eigenvalue weighted by atomic mass is 14.9. The van der Waals surface area contributed by atoms with Crippen LogP contribution in [0.4, 0.5) is 0 Å². The molecule has 19 heavy (non-hydrogen) atoms. The fourth-order valence-corrected chi connectivity index (χ4v) is 2.53. The Morgan fingerprint density at radius 1 is 1.05 bits per heavy atom. The number of aryl methyl sites for hydroxylation is 3. The normalized spacial score (nSPS) is 12.4. The zero-order valence-corrected chi connectivity index (χ0v) is 12.2. The maximum Gasteiger partial charge on any atom is 0.0379 e. The molecule has 1 atom stereocenters. The Balaban J connectivity index is 2.24. The van der Waals surface area contributed by atoms with Crippen molar-refractivity contribution in [1.29, 1.82) is 0 Å². The van der Waals surface area contributed by atoms with Crippen LogP contribution in [-0.4, -0.2) is 12.0 Å². The molecule has 0 aliphatic carbocycles. The second-order valence-electron chi connectivity index (χ2n) is 5.22. The van der Waals surface area contributed by atoms with Gasteiger partial charge in [0.25, 0.3) is 0 Å². The lowest BCUT2D eigenvalue weighted by atomic mass is 9.97. The van der Waals surface area contributed by atoms with Crippen molar-refractivity contribution >= 4 is 0 Å². The number of pyridine rings is 1. The van der Waals surface area contributed by atoms with Crippen molar-refractivity contribution in [1.82, 2.24) is 10.3 Å². The molecule has 0 bridgehead atoms. The van der Waals surface area contributed by atoms with Crippen molar-refractivity contribution in [2.75, 3.05) is 7.05 Å². The number of likely N-dealkylation sites (N-methyl/N-ethyl adjacent to an activating group) is 1. The molecule has 2 rings (SSSR count). The van der Waals surface area contributed by atoms with Crippen molar-refractivity contribution in [3.63, 3.8) is 0 Å². The summed E-state index contributed by atoms with van der Waals surface area (Å²) in [6, 6.07) is 13.4. The lowest BCUT2D eigenvalue weighted by Crippen LogP contribution is -2.19. The molecule has 0 radical (unpaired) electrons. The Kier molecular flexibility index (Phi) is 4.33. The molecule has 100 valence electrons. The smallest absolute Gasteiger partial charge is 0.0379 e. The van der Waals surface area contributed by atoms with Crippen LogP contribution in [0.15, 0.2) is 36.4 Å². The zero-order valence-electron chi connectivity index (χ0n) is 12.2. The third-order valence-electron chi connectivity index (χ3n) is 3.38. The van der Waals surface area contributed by atoms with Gasteiger partial charge < -0.3 is 5.32 Å². The van der Waals surface area contributed by atoms with Gasteiger partial charge in [-0.25, -0.2) is 0 Å². The molecule has 1 aromatic heterocycles. The molecular weight excluding hydrogens is 232 g/mol. The van der Waals surface area contributed by atoms with E-state index in [2.05, 4.69) is 67.5 Å². The Morgan fingerprint density at radius 2 is 1.74 bits per heavy atom. The highest BCUT2D eigenvalue weighted by Gasteiger charge is 2.11. The molecular formula is C17H22N2. The molecule has 0 saturated heterocycles. The maximum absolute atomic E-state index is 4.44. The van der Waals surface area contributed by atoms with E-state index in [1.54, 1.807) is 0 Å². The summed E-state index contributed by atoms with van der Waals surface area (Å²) < 4.78 is 0. The van der Waals surface area contributed by atoms with E-state index in [9.17, 15) is 0 Å². The molecule has 2 heteroatoms. The van der Waals surface area contributed by atoms with Gasteiger partial charge in [0, 0.05) is 17.4 Å². The van der Waals surface area contributed by atoms with Crippen molar-refractivity contribution in [3.8, 4) is 0 Å². The Morgan fingerprint density at radius 3 is 2.32 bits per heavy atom. The second kappa shape index (κ2) is 5.98. The molecule has 0 saturated carbocycles. The van der Waals surface area contributed by atoms with Crippen LogP contribution in [0.5, 0.6) is 0 Å². The number of aromatic nitrogens is 1. The van der Waals surface area contributed by atoms with Gasteiger partial charge in [-0.3, -0.25) is 4.98 Å². The van der Waals surface area contributed by atoms with Crippen molar-refractivity contribution < 1.29 is 0 Å². The van der Waals surface area contributed by atoms with E-state index in [1.807, 2.05) is 7.05 Å². The second-order valence-corrected chi connectivity index (χ2v) is 5.22. The number of rotatable bonds is 4.